The van der Waals surface area contributed by atoms with E-state index in [1.165, 1.54) is 44.8 Å². The smallest absolute Gasteiger partial charge is 0.303 e. The lowest BCUT2D eigenvalue weighted by Gasteiger charge is -2.06. The van der Waals surface area contributed by atoms with Crippen LogP contribution in [0.5, 0.6) is 0 Å². The zero-order valence-corrected chi connectivity index (χ0v) is 17.1. The minimum atomic E-state index is -3.09. The van der Waals surface area contributed by atoms with Crippen LogP contribution in [0.15, 0.2) is 11.0 Å². The van der Waals surface area contributed by atoms with E-state index in [0.717, 1.165) is 38.5 Å². The fourth-order valence-corrected chi connectivity index (χ4v) is 3.84. The number of carboxylic acid groups (broad SMARTS) is 1. The summed E-state index contributed by atoms with van der Waals surface area (Å²) in [6, 6.07) is 0. The standard InChI is InChI=1S/C20H38O4S/c1-3-4-5-6-7-8-10-13-16-19(25(2,23)24)17-14-11-9-12-15-18-20(21)22/h16H,3-15,17-18H2,1-2H3,(H,21,22). The number of aliphatic carboxylic acids is 1. The first-order chi connectivity index (χ1) is 11.9. The third-order valence-electron chi connectivity index (χ3n) is 4.47. The molecule has 0 atom stereocenters. The van der Waals surface area contributed by atoms with Crippen molar-refractivity contribution in [3.63, 3.8) is 0 Å². The molecule has 0 aliphatic heterocycles. The first-order valence-electron chi connectivity index (χ1n) is 9.98. The van der Waals surface area contributed by atoms with Gasteiger partial charge in [0.25, 0.3) is 0 Å². The molecule has 0 saturated carbocycles. The van der Waals surface area contributed by atoms with Gasteiger partial charge in [-0.2, -0.15) is 0 Å². The first-order valence-corrected chi connectivity index (χ1v) is 11.9. The van der Waals surface area contributed by atoms with Crippen LogP contribution in [-0.4, -0.2) is 25.7 Å². The average molecular weight is 375 g/mol. The van der Waals surface area contributed by atoms with Crippen LogP contribution in [0, 0.1) is 0 Å². The molecule has 0 aromatic heterocycles. The van der Waals surface area contributed by atoms with E-state index in [1.807, 2.05) is 6.08 Å². The van der Waals surface area contributed by atoms with E-state index in [2.05, 4.69) is 6.92 Å². The van der Waals surface area contributed by atoms with Gasteiger partial charge in [-0.05, 0) is 32.1 Å². The molecule has 0 aromatic carbocycles. The molecule has 0 unspecified atom stereocenters. The molecule has 0 aliphatic carbocycles. The summed E-state index contributed by atoms with van der Waals surface area (Å²) in [4.78, 5) is 11.0. The van der Waals surface area contributed by atoms with E-state index < -0.39 is 15.8 Å². The van der Waals surface area contributed by atoms with Crippen LogP contribution in [0.2, 0.25) is 0 Å². The molecule has 5 heteroatoms. The number of hydrogen-bond acceptors (Lipinski definition) is 3. The average Bonchev–Trinajstić information content (AvgIpc) is 2.53. The summed E-state index contributed by atoms with van der Waals surface area (Å²) in [7, 11) is -3.09. The summed E-state index contributed by atoms with van der Waals surface area (Å²) in [5.74, 6) is -0.743. The van der Waals surface area contributed by atoms with Crippen LogP contribution in [0.4, 0.5) is 0 Å². The van der Waals surface area contributed by atoms with Crippen LogP contribution >= 0.6 is 0 Å². The van der Waals surface area contributed by atoms with Gasteiger partial charge in [-0.25, -0.2) is 8.42 Å². The maximum Gasteiger partial charge on any atom is 0.303 e. The van der Waals surface area contributed by atoms with E-state index >= 15 is 0 Å². The zero-order valence-electron chi connectivity index (χ0n) is 16.3. The van der Waals surface area contributed by atoms with Crippen molar-refractivity contribution in [1.82, 2.24) is 0 Å². The van der Waals surface area contributed by atoms with Gasteiger partial charge in [-0.3, -0.25) is 4.79 Å². The third-order valence-corrected chi connectivity index (χ3v) is 5.79. The van der Waals surface area contributed by atoms with E-state index in [-0.39, 0.29) is 6.42 Å². The topological polar surface area (TPSA) is 71.4 Å². The summed E-state index contributed by atoms with van der Waals surface area (Å²) >= 11 is 0. The first kappa shape index (κ1) is 24.2. The number of carbonyl (C=O) groups is 1. The molecule has 0 aromatic rings. The summed E-state index contributed by atoms with van der Waals surface area (Å²) in [5, 5.41) is 8.58. The lowest BCUT2D eigenvalue weighted by Crippen LogP contribution is -2.01. The van der Waals surface area contributed by atoms with Gasteiger partial charge in [0.1, 0.15) is 0 Å². The highest BCUT2D eigenvalue weighted by molar-refractivity contribution is 7.94. The maximum atomic E-state index is 11.9. The van der Waals surface area contributed by atoms with Crippen molar-refractivity contribution in [2.75, 3.05) is 6.26 Å². The maximum absolute atomic E-state index is 11.9. The molecule has 0 saturated heterocycles. The quantitative estimate of drug-likeness (QED) is 0.323. The molecule has 0 aliphatic rings. The summed E-state index contributed by atoms with van der Waals surface area (Å²) < 4.78 is 23.8. The van der Waals surface area contributed by atoms with Crippen LogP contribution < -0.4 is 0 Å². The van der Waals surface area contributed by atoms with E-state index in [1.54, 1.807) is 0 Å². The Labute approximate surface area is 155 Å². The predicted molar refractivity (Wildman–Crippen MR) is 105 cm³/mol. The largest absolute Gasteiger partial charge is 0.481 e. The summed E-state index contributed by atoms with van der Waals surface area (Å²) in [6.45, 7) is 2.22. The Balaban J connectivity index is 3.91. The zero-order chi connectivity index (χ0) is 19.0. The molecule has 0 fully saturated rings. The van der Waals surface area contributed by atoms with Gasteiger partial charge in [0.2, 0.25) is 0 Å². The van der Waals surface area contributed by atoms with Crippen LogP contribution in [0.25, 0.3) is 0 Å². The van der Waals surface area contributed by atoms with Gasteiger partial charge >= 0.3 is 5.97 Å². The number of sulfone groups is 1. The van der Waals surface area contributed by atoms with Gasteiger partial charge in [-0.1, -0.05) is 70.8 Å². The highest BCUT2D eigenvalue weighted by atomic mass is 32.2. The van der Waals surface area contributed by atoms with Gasteiger partial charge in [-0.15, -0.1) is 0 Å². The van der Waals surface area contributed by atoms with Gasteiger partial charge in [0.05, 0.1) is 0 Å². The van der Waals surface area contributed by atoms with E-state index in [9.17, 15) is 13.2 Å². The molecular weight excluding hydrogens is 336 g/mol. The minimum Gasteiger partial charge on any atom is -0.481 e. The minimum absolute atomic E-state index is 0.229. The molecule has 0 spiro atoms. The van der Waals surface area contributed by atoms with Crippen molar-refractivity contribution in [1.29, 1.82) is 0 Å². The molecule has 0 amide bonds. The Kier molecular flexibility index (Phi) is 14.9. The second-order valence-corrected chi connectivity index (χ2v) is 9.08. The Morgan fingerprint density at radius 2 is 1.28 bits per heavy atom. The fraction of sp³-hybridized carbons (Fsp3) is 0.850. The number of allylic oxidation sites excluding steroid dienone is 2. The summed E-state index contributed by atoms with van der Waals surface area (Å²) in [5.41, 5.74) is 0. The van der Waals surface area contributed by atoms with Crippen molar-refractivity contribution in [3.05, 3.63) is 11.0 Å². The molecule has 0 bridgehead atoms. The second-order valence-electron chi connectivity index (χ2n) is 7.01. The van der Waals surface area contributed by atoms with Crippen molar-refractivity contribution in [2.45, 2.75) is 103 Å². The van der Waals surface area contributed by atoms with Crippen LogP contribution in [0.1, 0.15) is 103 Å². The Bertz CT molecular complexity index is 466. The highest BCUT2D eigenvalue weighted by Gasteiger charge is 2.10. The monoisotopic (exact) mass is 374 g/mol. The number of carboxylic acids is 1. The van der Waals surface area contributed by atoms with E-state index in [0.29, 0.717) is 17.7 Å². The lowest BCUT2D eigenvalue weighted by molar-refractivity contribution is -0.137. The van der Waals surface area contributed by atoms with Crippen molar-refractivity contribution in [3.8, 4) is 0 Å². The molecule has 4 nitrogen and oxygen atoms in total. The normalized spacial score (nSPS) is 12.5. The summed E-state index contributed by atoms with van der Waals surface area (Å²) in [6.07, 6.45) is 18.0. The molecule has 148 valence electrons. The number of rotatable bonds is 17. The predicted octanol–water partition coefficient (Wildman–Crippen LogP) is 5.87. The van der Waals surface area contributed by atoms with Crippen molar-refractivity contribution >= 4 is 15.8 Å². The number of hydrogen-bond donors (Lipinski definition) is 1. The second kappa shape index (κ2) is 15.4. The Morgan fingerprint density at radius 1 is 0.800 bits per heavy atom. The third kappa shape index (κ3) is 16.4. The van der Waals surface area contributed by atoms with E-state index in [4.69, 9.17) is 5.11 Å². The number of unbranched alkanes of at least 4 members (excludes halogenated alkanes) is 11. The van der Waals surface area contributed by atoms with Crippen LogP contribution in [-0.2, 0) is 14.6 Å². The van der Waals surface area contributed by atoms with Crippen molar-refractivity contribution < 1.29 is 18.3 Å². The molecular formula is C20H38O4S. The lowest BCUT2D eigenvalue weighted by atomic mass is 10.1. The SMILES string of the molecule is CCCCCCCCCC=C(CCCCCCCC(=O)O)S(C)(=O)=O. The Hall–Kier alpha value is -0.840. The van der Waals surface area contributed by atoms with Gasteiger partial charge in [0, 0.05) is 17.6 Å². The fourth-order valence-electron chi connectivity index (χ4n) is 2.91. The molecule has 0 rings (SSSR count). The molecule has 0 heterocycles. The van der Waals surface area contributed by atoms with Crippen molar-refractivity contribution in [2.24, 2.45) is 0 Å². The van der Waals surface area contributed by atoms with Crippen LogP contribution in [0.3, 0.4) is 0 Å². The molecule has 1 N–H and O–H groups in total. The highest BCUT2D eigenvalue weighted by Crippen LogP contribution is 2.18. The van der Waals surface area contributed by atoms with Gasteiger partial charge < -0.3 is 5.11 Å². The van der Waals surface area contributed by atoms with Gasteiger partial charge in [0.15, 0.2) is 9.84 Å². The molecule has 0 radical (unpaired) electrons. The molecule has 25 heavy (non-hydrogen) atoms. The Morgan fingerprint density at radius 3 is 1.80 bits per heavy atom.